The predicted octanol–water partition coefficient (Wildman–Crippen LogP) is 3.21. The molecule has 0 spiro atoms. The van der Waals surface area contributed by atoms with E-state index >= 15 is 0 Å². The zero-order chi connectivity index (χ0) is 18.4. The molecule has 1 aliphatic rings. The lowest BCUT2D eigenvalue weighted by Crippen LogP contribution is -2.47. The molecule has 0 aliphatic carbocycles. The van der Waals surface area contributed by atoms with E-state index in [0.717, 1.165) is 5.75 Å². The Morgan fingerprint density at radius 1 is 1.15 bits per heavy atom. The molecule has 1 atom stereocenters. The van der Waals surface area contributed by atoms with Crippen molar-refractivity contribution in [1.29, 1.82) is 0 Å². The van der Waals surface area contributed by atoms with Crippen LogP contribution in [-0.2, 0) is 4.74 Å². The molecule has 1 heterocycles. The molecule has 5 nitrogen and oxygen atoms in total. The van der Waals surface area contributed by atoms with Crippen molar-refractivity contribution < 1.29 is 27.8 Å². The van der Waals surface area contributed by atoms with E-state index in [0.29, 0.717) is 31.9 Å². The van der Waals surface area contributed by atoms with Crippen LogP contribution < -0.4 is 9.47 Å². The highest BCUT2D eigenvalue weighted by Gasteiger charge is 2.26. The fourth-order valence-electron chi connectivity index (χ4n) is 2.70. The third-order valence-electron chi connectivity index (χ3n) is 3.91. The second-order valence-electron chi connectivity index (χ2n) is 5.77. The molecule has 138 valence electrons. The molecule has 2 aromatic carbocycles. The Morgan fingerprint density at radius 2 is 1.92 bits per heavy atom. The van der Waals surface area contributed by atoms with Gasteiger partial charge in [0.1, 0.15) is 24.2 Å². The Hall–Kier alpha value is -2.67. The maximum atomic E-state index is 12.6. The van der Waals surface area contributed by atoms with Gasteiger partial charge in [-0.3, -0.25) is 4.79 Å². The molecule has 3 rings (SSSR count). The first kappa shape index (κ1) is 18.1. The summed E-state index contributed by atoms with van der Waals surface area (Å²) in [5, 5.41) is 0. The number of halogens is 2. The van der Waals surface area contributed by atoms with Crippen LogP contribution in [0.15, 0.2) is 54.6 Å². The van der Waals surface area contributed by atoms with Crippen molar-refractivity contribution in [3.05, 3.63) is 60.2 Å². The largest absolute Gasteiger partial charge is 0.491 e. The molecule has 0 saturated carbocycles. The number of hydrogen-bond donors (Lipinski definition) is 0. The number of carbonyl (C=O) groups excluding carboxylic acids is 1. The molecule has 0 aromatic heterocycles. The van der Waals surface area contributed by atoms with Crippen LogP contribution in [0.3, 0.4) is 0 Å². The van der Waals surface area contributed by atoms with Gasteiger partial charge >= 0.3 is 6.61 Å². The second-order valence-corrected chi connectivity index (χ2v) is 5.77. The first-order chi connectivity index (χ1) is 12.6. The van der Waals surface area contributed by atoms with Gasteiger partial charge in [-0.1, -0.05) is 24.3 Å². The highest BCUT2D eigenvalue weighted by atomic mass is 19.3. The minimum atomic E-state index is -2.93. The summed E-state index contributed by atoms with van der Waals surface area (Å²) in [6.45, 7) is -1.42. The van der Waals surface area contributed by atoms with E-state index in [-0.39, 0.29) is 17.8 Å². The van der Waals surface area contributed by atoms with Gasteiger partial charge in [0.15, 0.2) is 0 Å². The van der Waals surface area contributed by atoms with Gasteiger partial charge in [0.25, 0.3) is 5.91 Å². The van der Waals surface area contributed by atoms with Crippen LogP contribution in [-0.4, -0.2) is 49.8 Å². The highest BCUT2D eigenvalue weighted by Crippen LogP contribution is 2.19. The van der Waals surface area contributed by atoms with Crippen molar-refractivity contribution in [3.63, 3.8) is 0 Å². The minimum absolute atomic E-state index is 0.0388. The van der Waals surface area contributed by atoms with Gasteiger partial charge in [-0.05, 0) is 30.3 Å². The number of ether oxygens (including phenoxy) is 3. The Morgan fingerprint density at radius 3 is 2.69 bits per heavy atom. The Bertz CT molecular complexity index is 726. The number of carbonyl (C=O) groups is 1. The summed E-state index contributed by atoms with van der Waals surface area (Å²) in [6.07, 6.45) is -0.256. The van der Waals surface area contributed by atoms with E-state index < -0.39 is 6.61 Å². The van der Waals surface area contributed by atoms with E-state index in [4.69, 9.17) is 9.47 Å². The van der Waals surface area contributed by atoms with E-state index in [1.54, 1.807) is 11.0 Å². The van der Waals surface area contributed by atoms with Crippen LogP contribution in [0.4, 0.5) is 8.78 Å². The van der Waals surface area contributed by atoms with E-state index in [2.05, 4.69) is 4.74 Å². The molecule has 2 aromatic rings. The van der Waals surface area contributed by atoms with Crippen LogP contribution >= 0.6 is 0 Å². The molecule has 1 saturated heterocycles. The summed E-state index contributed by atoms with van der Waals surface area (Å²) in [5.74, 6) is 0.442. The Labute approximate surface area is 150 Å². The number of benzene rings is 2. The van der Waals surface area contributed by atoms with Crippen molar-refractivity contribution in [2.45, 2.75) is 12.7 Å². The molecule has 26 heavy (non-hydrogen) atoms. The maximum absolute atomic E-state index is 12.6. The Balaban J connectivity index is 1.59. The van der Waals surface area contributed by atoms with Crippen molar-refractivity contribution in [2.75, 3.05) is 26.3 Å². The summed E-state index contributed by atoms with van der Waals surface area (Å²) in [6, 6.07) is 15.1. The van der Waals surface area contributed by atoms with Crippen LogP contribution in [0.25, 0.3) is 0 Å². The summed E-state index contributed by atoms with van der Waals surface area (Å²) < 4.78 is 40.3. The number of para-hydroxylation sites is 1. The van der Waals surface area contributed by atoms with Gasteiger partial charge in [-0.25, -0.2) is 0 Å². The fourth-order valence-corrected chi connectivity index (χ4v) is 2.70. The summed E-state index contributed by atoms with van der Waals surface area (Å²) in [5.41, 5.74) is 0.299. The normalized spacial score (nSPS) is 17.2. The maximum Gasteiger partial charge on any atom is 0.387 e. The van der Waals surface area contributed by atoms with Gasteiger partial charge in [0.2, 0.25) is 0 Å². The number of alkyl halides is 2. The standard InChI is InChI=1S/C19H19F2NO4/c20-19(21)26-16-8-4-5-14(11-16)18(23)22-9-10-24-17(12-22)13-25-15-6-2-1-3-7-15/h1-8,11,17,19H,9-10,12-13H2/t17-/m0/s1. The molecule has 7 heteroatoms. The zero-order valence-corrected chi connectivity index (χ0v) is 14.0. The first-order valence-electron chi connectivity index (χ1n) is 8.25. The predicted molar refractivity (Wildman–Crippen MR) is 90.7 cm³/mol. The third-order valence-corrected chi connectivity index (χ3v) is 3.91. The molecule has 0 unspecified atom stereocenters. The number of rotatable bonds is 6. The van der Waals surface area contributed by atoms with Gasteiger partial charge < -0.3 is 19.1 Å². The SMILES string of the molecule is O=C(c1cccc(OC(F)F)c1)N1CCO[C@H](COc2ccccc2)C1. The number of hydrogen-bond acceptors (Lipinski definition) is 4. The molecular formula is C19H19F2NO4. The van der Waals surface area contributed by atoms with Gasteiger partial charge in [0, 0.05) is 12.1 Å². The molecule has 1 amide bonds. The van der Waals surface area contributed by atoms with Gasteiger partial charge in [-0.2, -0.15) is 8.78 Å². The summed E-state index contributed by atoms with van der Waals surface area (Å²) >= 11 is 0. The van der Waals surface area contributed by atoms with Crippen LogP contribution in [0, 0.1) is 0 Å². The van der Waals surface area contributed by atoms with Crippen LogP contribution in [0.1, 0.15) is 10.4 Å². The molecule has 0 bridgehead atoms. The van der Waals surface area contributed by atoms with Crippen molar-refractivity contribution in [3.8, 4) is 11.5 Å². The monoisotopic (exact) mass is 363 g/mol. The fraction of sp³-hybridized carbons (Fsp3) is 0.316. The zero-order valence-electron chi connectivity index (χ0n) is 14.0. The quantitative estimate of drug-likeness (QED) is 0.791. The number of morpholine rings is 1. The van der Waals surface area contributed by atoms with Crippen molar-refractivity contribution in [2.24, 2.45) is 0 Å². The van der Waals surface area contributed by atoms with Crippen LogP contribution in [0.5, 0.6) is 11.5 Å². The third kappa shape index (κ3) is 4.92. The topological polar surface area (TPSA) is 48.0 Å². The number of nitrogens with zero attached hydrogens (tertiary/aromatic N) is 1. The van der Waals surface area contributed by atoms with E-state index in [1.807, 2.05) is 30.3 Å². The van der Waals surface area contributed by atoms with Crippen molar-refractivity contribution >= 4 is 5.91 Å². The van der Waals surface area contributed by atoms with Gasteiger partial charge in [-0.15, -0.1) is 0 Å². The number of amides is 1. The molecule has 1 fully saturated rings. The second kappa shape index (κ2) is 8.62. The molecular weight excluding hydrogens is 344 g/mol. The van der Waals surface area contributed by atoms with Gasteiger partial charge in [0.05, 0.1) is 13.2 Å². The van der Waals surface area contributed by atoms with Crippen LogP contribution in [0.2, 0.25) is 0 Å². The minimum Gasteiger partial charge on any atom is -0.491 e. The first-order valence-corrected chi connectivity index (χ1v) is 8.25. The average molecular weight is 363 g/mol. The molecule has 0 N–H and O–H groups in total. The summed E-state index contributed by atoms with van der Waals surface area (Å²) in [7, 11) is 0. The highest BCUT2D eigenvalue weighted by molar-refractivity contribution is 5.94. The van der Waals surface area contributed by atoms with E-state index in [1.165, 1.54) is 18.2 Å². The lowest BCUT2D eigenvalue weighted by molar-refractivity contribution is -0.0500. The Kier molecular flexibility index (Phi) is 6.01. The smallest absolute Gasteiger partial charge is 0.387 e. The lowest BCUT2D eigenvalue weighted by atomic mass is 10.1. The average Bonchev–Trinajstić information content (AvgIpc) is 2.66. The van der Waals surface area contributed by atoms with Crippen molar-refractivity contribution in [1.82, 2.24) is 4.90 Å². The lowest BCUT2D eigenvalue weighted by Gasteiger charge is -2.33. The summed E-state index contributed by atoms with van der Waals surface area (Å²) in [4.78, 5) is 14.3. The molecule has 0 radical (unpaired) electrons. The van der Waals surface area contributed by atoms with E-state index in [9.17, 15) is 13.6 Å². The molecule has 1 aliphatic heterocycles.